The molecule has 0 unspecified atom stereocenters. The number of carboxylic acids is 1. The number of carbonyl (C=O) groups is 2. The highest BCUT2D eigenvalue weighted by Crippen LogP contribution is 1.95. The fourth-order valence-corrected chi connectivity index (χ4v) is 1.22. The number of rotatable bonds is 7. The molecule has 7 heteroatoms. The van der Waals surface area contributed by atoms with Crippen LogP contribution in [0.3, 0.4) is 0 Å². The van der Waals surface area contributed by atoms with Gasteiger partial charge in [0.1, 0.15) is 0 Å². The fourth-order valence-electron chi connectivity index (χ4n) is 1.22. The summed E-state index contributed by atoms with van der Waals surface area (Å²) in [6.45, 7) is 3.90. The average Bonchev–Trinajstić information content (AvgIpc) is 2.75. The minimum absolute atomic E-state index is 0.00368. The van der Waals surface area contributed by atoms with Gasteiger partial charge >= 0.3 is 5.97 Å². The molecular formula is C10H16N4O3. The summed E-state index contributed by atoms with van der Waals surface area (Å²) in [5, 5.41) is 14.3. The maximum Gasteiger partial charge on any atom is 0.356 e. The zero-order valence-electron chi connectivity index (χ0n) is 9.64. The van der Waals surface area contributed by atoms with E-state index >= 15 is 0 Å². The summed E-state index contributed by atoms with van der Waals surface area (Å²) in [7, 11) is 0. The number of amides is 1. The average molecular weight is 240 g/mol. The summed E-state index contributed by atoms with van der Waals surface area (Å²) in [4.78, 5) is 25.5. The van der Waals surface area contributed by atoms with Gasteiger partial charge in [-0.2, -0.15) is 0 Å². The van der Waals surface area contributed by atoms with Gasteiger partial charge in [-0.25, -0.2) is 9.78 Å². The van der Waals surface area contributed by atoms with Crippen molar-refractivity contribution in [3.05, 3.63) is 18.2 Å². The Hall–Kier alpha value is -1.89. The van der Waals surface area contributed by atoms with E-state index in [9.17, 15) is 9.59 Å². The molecule has 1 aromatic rings. The van der Waals surface area contributed by atoms with E-state index in [4.69, 9.17) is 5.11 Å². The number of carboxylic acid groups (broad SMARTS) is 1. The summed E-state index contributed by atoms with van der Waals surface area (Å²) in [5.41, 5.74) is 0.00368. The highest BCUT2D eigenvalue weighted by Gasteiger charge is 2.06. The predicted octanol–water partition coefficient (Wildman–Crippen LogP) is -0.693. The zero-order valence-corrected chi connectivity index (χ0v) is 9.64. The van der Waals surface area contributed by atoms with Crippen molar-refractivity contribution in [1.82, 2.24) is 20.2 Å². The topological polar surface area (TPSA) is 96.3 Å². The summed E-state index contributed by atoms with van der Waals surface area (Å²) in [5.74, 6) is -1.13. The number of likely N-dealkylation sites (N-methyl/N-ethyl adjacent to an activating group) is 1. The molecule has 0 saturated carbocycles. The standard InChI is InChI=1S/C10H16N4O3/c1-2-11-5-9(15)12-3-4-14-6-8(10(16)17)13-7-14/h6-7,11H,2-5H2,1H3,(H,12,15)(H,16,17). The van der Waals surface area contributed by atoms with Crippen molar-refractivity contribution in [3.8, 4) is 0 Å². The molecule has 1 heterocycles. The van der Waals surface area contributed by atoms with Crippen LogP contribution in [0.2, 0.25) is 0 Å². The second kappa shape index (κ2) is 6.64. The van der Waals surface area contributed by atoms with Crippen molar-refractivity contribution in [2.45, 2.75) is 13.5 Å². The lowest BCUT2D eigenvalue weighted by Gasteiger charge is -2.05. The molecule has 94 valence electrons. The number of hydrogen-bond acceptors (Lipinski definition) is 4. The molecular weight excluding hydrogens is 224 g/mol. The first-order valence-corrected chi connectivity index (χ1v) is 5.36. The van der Waals surface area contributed by atoms with Crippen LogP contribution >= 0.6 is 0 Å². The zero-order chi connectivity index (χ0) is 12.7. The Balaban J connectivity index is 2.26. The molecule has 1 rings (SSSR count). The molecule has 17 heavy (non-hydrogen) atoms. The van der Waals surface area contributed by atoms with Crippen molar-refractivity contribution >= 4 is 11.9 Å². The van der Waals surface area contributed by atoms with Crippen LogP contribution in [0.1, 0.15) is 17.4 Å². The Labute approximate surface area is 98.8 Å². The number of aromatic carboxylic acids is 1. The SMILES string of the molecule is CCNCC(=O)NCCn1cnc(C(=O)O)c1. The predicted molar refractivity (Wildman–Crippen MR) is 60.7 cm³/mol. The summed E-state index contributed by atoms with van der Waals surface area (Å²) < 4.78 is 1.62. The van der Waals surface area contributed by atoms with Crippen molar-refractivity contribution in [2.75, 3.05) is 19.6 Å². The first kappa shape index (κ1) is 13.2. The first-order chi connectivity index (χ1) is 8.13. The number of hydrogen-bond donors (Lipinski definition) is 3. The van der Waals surface area contributed by atoms with E-state index in [-0.39, 0.29) is 11.6 Å². The van der Waals surface area contributed by atoms with Crippen LogP contribution in [-0.2, 0) is 11.3 Å². The lowest BCUT2D eigenvalue weighted by Crippen LogP contribution is -2.35. The molecule has 0 aliphatic heterocycles. The Bertz CT molecular complexity index is 389. The van der Waals surface area contributed by atoms with E-state index in [2.05, 4.69) is 15.6 Å². The number of nitrogens with zero attached hydrogens (tertiary/aromatic N) is 2. The van der Waals surface area contributed by atoms with Crippen LogP contribution < -0.4 is 10.6 Å². The van der Waals surface area contributed by atoms with E-state index < -0.39 is 5.97 Å². The number of aromatic nitrogens is 2. The summed E-state index contributed by atoms with van der Waals surface area (Å²) in [6.07, 6.45) is 2.86. The van der Waals surface area contributed by atoms with Crippen molar-refractivity contribution < 1.29 is 14.7 Å². The van der Waals surface area contributed by atoms with Gasteiger partial charge in [0.15, 0.2) is 5.69 Å². The molecule has 0 bridgehead atoms. The van der Waals surface area contributed by atoms with Gasteiger partial charge in [0.25, 0.3) is 0 Å². The molecule has 0 fully saturated rings. The van der Waals surface area contributed by atoms with E-state index in [0.717, 1.165) is 6.54 Å². The molecule has 0 aromatic carbocycles. The lowest BCUT2D eigenvalue weighted by atomic mass is 10.5. The molecule has 1 amide bonds. The molecule has 3 N–H and O–H groups in total. The second-order valence-electron chi connectivity index (χ2n) is 3.43. The van der Waals surface area contributed by atoms with Gasteiger partial charge < -0.3 is 20.3 Å². The van der Waals surface area contributed by atoms with Gasteiger partial charge in [0.2, 0.25) is 5.91 Å². The summed E-state index contributed by atoms with van der Waals surface area (Å²) >= 11 is 0. The van der Waals surface area contributed by atoms with Crippen LogP contribution in [-0.4, -0.2) is 46.2 Å². The fraction of sp³-hybridized carbons (Fsp3) is 0.500. The molecule has 0 saturated heterocycles. The molecule has 0 radical (unpaired) electrons. The highest BCUT2D eigenvalue weighted by molar-refractivity contribution is 5.84. The van der Waals surface area contributed by atoms with E-state index in [1.165, 1.54) is 12.5 Å². The van der Waals surface area contributed by atoms with Crippen LogP contribution in [0.15, 0.2) is 12.5 Å². The van der Waals surface area contributed by atoms with Crippen molar-refractivity contribution in [3.63, 3.8) is 0 Å². The summed E-state index contributed by atoms with van der Waals surface area (Å²) in [6, 6.07) is 0. The van der Waals surface area contributed by atoms with Crippen molar-refractivity contribution in [1.29, 1.82) is 0 Å². The van der Waals surface area contributed by atoms with Crippen LogP contribution in [0.5, 0.6) is 0 Å². The second-order valence-corrected chi connectivity index (χ2v) is 3.43. The third-order valence-electron chi connectivity index (χ3n) is 2.08. The van der Waals surface area contributed by atoms with E-state index in [0.29, 0.717) is 19.6 Å². The van der Waals surface area contributed by atoms with Crippen LogP contribution in [0.25, 0.3) is 0 Å². The minimum atomic E-state index is -1.06. The third-order valence-corrected chi connectivity index (χ3v) is 2.08. The molecule has 0 aliphatic rings. The van der Waals surface area contributed by atoms with Gasteiger partial charge in [-0.3, -0.25) is 4.79 Å². The first-order valence-electron chi connectivity index (χ1n) is 5.36. The Morgan fingerprint density at radius 1 is 1.53 bits per heavy atom. The van der Waals surface area contributed by atoms with Crippen molar-refractivity contribution in [2.24, 2.45) is 0 Å². The van der Waals surface area contributed by atoms with Gasteiger partial charge in [0, 0.05) is 19.3 Å². The number of nitrogens with one attached hydrogen (secondary N) is 2. The maximum absolute atomic E-state index is 11.2. The quantitative estimate of drug-likeness (QED) is 0.586. The van der Waals surface area contributed by atoms with Gasteiger partial charge in [0.05, 0.1) is 12.9 Å². The Kier molecular flexibility index (Phi) is 5.15. The monoisotopic (exact) mass is 240 g/mol. The maximum atomic E-state index is 11.2. The number of carbonyl (C=O) groups excluding carboxylic acids is 1. The Morgan fingerprint density at radius 2 is 2.29 bits per heavy atom. The van der Waals surface area contributed by atoms with Gasteiger partial charge in [-0.15, -0.1) is 0 Å². The Morgan fingerprint density at radius 3 is 2.88 bits per heavy atom. The normalized spacial score (nSPS) is 10.2. The lowest BCUT2D eigenvalue weighted by molar-refractivity contribution is -0.120. The van der Waals surface area contributed by atoms with E-state index in [1.807, 2.05) is 6.92 Å². The smallest absolute Gasteiger partial charge is 0.356 e. The molecule has 7 nitrogen and oxygen atoms in total. The number of imidazole rings is 1. The molecule has 1 aromatic heterocycles. The van der Waals surface area contributed by atoms with Crippen LogP contribution in [0, 0.1) is 0 Å². The minimum Gasteiger partial charge on any atom is -0.476 e. The third kappa shape index (κ3) is 4.64. The molecule has 0 spiro atoms. The molecule has 0 aliphatic carbocycles. The molecule has 0 atom stereocenters. The van der Waals surface area contributed by atoms with Gasteiger partial charge in [-0.1, -0.05) is 6.92 Å². The van der Waals surface area contributed by atoms with Gasteiger partial charge in [-0.05, 0) is 6.54 Å². The highest BCUT2D eigenvalue weighted by atomic mass is 16.4. The van der Waals surface area contributed by atoms with Crippen LogP contribution in [0.4, 0.5) is 0 Å². The largest absolute Gasteiger partial charge is 0.476 e. The van der Waals surface area contributed by atoms with E-state index in [1.54, 1.807) is 4.57 Å².